The Hall–Kier alpha value is -2.25. The van der Waals surface area contributed by atoms with E-state index in [1.807, 2.05) is 6.26 Å². The number of rotatable bonds is 5. The Kier molecular flexibility index (Phi) is 10.7. The van der Waals surface area contributed by atoms with Crippen molar-refractivity contribution in [1.82, 2.24) is 24.8 Å². The summed E-state index contributed by atoms with van der Waals surface area (Å²) in [6.45, 7) is 0.619. The van der Waals surface area contributed by atoms with E-state index in [9.17, 15) is 15.0 Å². The van der Waals surface area contributed by atoms with Crippen molar-refractivity contribution >= 4 is 54.6 Å². The number of aliphatic hydroxyl groups excluding tert-OH is 2. The summed E-state index contributed by atoms with van der Waals surface area (Å²) in [7, 11) is -9.78. The summed E-state index contributed by atoms with van der Waals surface area (Å²) in [5, 5.41) is 33.4. The summed E-state index contributed by atoms with van der Waals surface area (Å²) in [6.07, 6.45) is 1.71. The predicted octanol–water partition coefficient (Wildman–Crippen LogP) is -3.56. The molecule has 0 saturated carbocycles. The highest BCUT2D eigenvalue weighted by Gasteiger charge is 2.48. The second-order valence-corrected chi connectivity index (χ2v) is 12.2. The highest BCUT2D eigenvalue weighted by atomic mass is 32.3. The summed E-state index contributed by atoms with van der Waals surface area (Å²) in [4.78, 5) is 23.3. The van der Waals surface area contributed by atoms with Crippen molar-refractivity contribution in [2.75, 3.05) is 24.3 Å². The van der Waals surface area contributed by atoms with Crippen LogP contribution in [-0.2, 0) is 41.2 Å². The fourth-order valence-electron chi connectivity index (χ4n) is 3.75. The molecule has 216 valence electrons. The van der Waals surface area contributed by atoms with Crippen molar-refractivity contribution in [2.24, 2.45) is 0 Å². The molecule has 9 N–H and O–H groups in total. The number of carboxylic acids is 1. The monoisotopic (exact) mass is 606 g/mol. The number of ether oxygens (including phenoxy) is 1. The number of nitrogen functional groups attached to an aromatic ring is 1. The molecule has 0 aliphatic carbocycles. The van der Waals surface area contributed by atoms with Gasteiger partial charge in [-0.05, 0) is 10.9 Å². The van der Waals surface area contributed by atoms with Crippen LogP contribution in [0.4, 0.5) is 5.82 Å². The van der Waals surface area contributed by atoms with E-state index >= 15 is 0 Å². The van der Waals surface area contributed by atoms with Gasteiger partial charge in [0.1, 0.15) is 47.2 Å². The molecule has 2 aliphatic heterocycles. The number of fused-ring (bicyclic) bond motifs is 1. The summed E-state index contributed by atoms with van der Waals surface area (Å²) in [5.74, 6) is -0.0949. The van der Waals surface area contributed by atoms with Crippen molar-refractivity contribution in [2.45, 2.75) is 42.3 Å². The third-order valence-corrected chi connectivity index (χ3v) is 7.73. The Labute approximate surface area is 218 Å². The second-order valence-electron chi connectivity index (χ2n) is 8.02. The molecule has 4 rings (SSSR count). The maximum absolute atomic E-state index is 11.1. The van der Waals surface area contributed by atoms with Crippen LogP contribution in [0.1, 0.15) is 12.6 Å². The number of carbonyl (C=O) groups is 1. The van der Waals surface area contributed by atoms with Gasteiger partial charge in [0.2, 0.25) is 10.4 Å². The molecule has 0 spiro atoms. The number of nitrogens with zero attached hydrogens (tertiary/aromatic N) is 4. The average molecular weight is 607 g/mol. The normalized spacial score (nSPS) is 28.2. The molecule has 2 aromatic rings. The number of nitrogens with one attached hydrogen (secondary N) is 1. The van der Waals surface area contributed by atoms with Crippen molar-refractivity contribution in [1.29, 1.82) is 0 Å². The predicted molar refractivity (Wildman–Crippen MR) is 128 cm³/mol. The molecule has 2 fully saturated rings. The number of carboxylic acid groups (broad SMARTS) is 1. The van der Waals surface area contributed by atoms with Gasteiger partial charge in [-0.2, -0.15) is 8.42 Å². The van der Waals surface area contributed by atoms with E-state index in [0.29, 0.717) is 29.9 Å². The van der Waals surface area contributed by atoms with E-state index in [2.05, 4.69) is 20.3 Å². The van der Waals surface area contributed by atoms with Crippen LogP contribution in [0.25, 0.3) is 11.2 Å². The maximum atomic E-state index is 11.1. The Bertz CT molecular complexity index is 1280. The number of anilines is 1. The number of hydrogen-bond donors (Lipinski definition) is 8. The van der Waals surface area contributed by atoms with Crippen LogP contribution in [0.15, 0.2) is 12.7 Å². The van der Waals surface area contributed by atoms with Gasteiger partial charge in [0.05, 0.1) is 12.6 Å². The molecule has 4 heterocycles. The van der Waals surface area contributed by atoms with Crippen LogP contribution < -0.4 is 11.1 Å². The van der Waals surface area contributed by atoms with Crippen molar-refractivity contribution in [3.63, 3.8) is 0 Å². The Morgan fingerprint density at radius 1 is 1.21 bits per heavy atom. The Morgan fingerprint density at radius 2 is 1.79 bits per heavy atom. The van der Waals surface area contributed by atoms with E-state index in [1.54, 1.807) is 4.57 Å². The topological polar surface area (TPSA) is 321 Å². The van der Waals surface area contributed by atoms with Crippen LogP contribution in [0.3, 0.4) is 0 Å². The zero-order valence-electron chi connectivity index (χ0n) is 19.4. The lowest BCUT2D eigenvalue weighted by molar-refractivity contribution is -0.139. The largest absolute Gasteiger partial charge is 0.726 e. The molecule has 0 bridgehead atoms. The van der Waals surface area contributed by atoms with E-state index in [0.717, 1.165) is 0 Å². The van der Waals surface area contributed by atoms with Crippen LogP contribution in [-0.4, -0.2) is 124 Å². The standard InChI is InChI=1S/C16H22N6O5S.2H2O4S/c1-28(7-2-8(16(25)26)18-3-7)4-9-11(23)12(24)15(27-9)22-6-21-10-13(17)19-5-20-14(10)22;2*1-5(2,3)4/h5-9,11-12,15,18,23-24H,2-4H2,1H3,(H2-,17,19,20,25,26);2*(H2,1,2,3,4)/t7-,8+,9-,11-,12-,15-,28?;;/m1../s1. The van der Waals surface area contributed by atoms with Gasteiger partial charge >= 0.3 is 16.4 Å². The van der Waals surface area contributed by atoms with Gasteiger partial charge in [-0.3, -0.25) is 28.3 Å². The highest BCUT2D eigenvalue weighted by Crippen LogP contribution is 2.33. The van der Waals surface area contributed by atoms with Crippen LogP contribution in [0.5, 0.6) is 0 Å². The molecule has 19 nitrogen and oxygen atoms in total. The fourth-order valence-corrected chi connectivity index (χ4v) is 5.71. The lowest BCUT2D eigenvalue weighted by Crippen LogP contribution is -2.38. The summed E-state index contributed by atoms with van der Waals surface area (Å²) in [5.41, 5.74) is 6.63. The first-order chi connectivity index (χ1) is 17.4. The van der Waals surface area contributed by atoms with Gasteiger partial charge < -0.3 is 30.3 Å². The first-order valence-corrected chi connectivity index (χ1v) is 14.9. The minimum atomic E-state index is -4.92. The zero-order chi connectivity index (χ0) is 29.0. The molecule has 0 amide bonds. The number of aliphatic hydroxyl groups is 2. The number of hydrogen-bond acceptors (Lipinski definition) is 14. The Morgan fingerprint density at radius 3 is 2.32 bits per heavy atom. The third kappa shape index (κ3) is 9.49. The van der Waals surface area contributed by atoms with Crippen LogP contribution in [0, 0.1) is 0 Å². The van der Waals surface area contributed by atoms with Crippen molar-refractivity contribution < 1.29 is 59.9 Å². The first kappa shape index (κ1) is 32.0. The quantitative estimate of drug-likeness (QED) is 0.0927. The maximum Gasteiger partial charge on any atom is 0.394 e. The van der Waals surface area contributed by atoms with Gasteiger partial charge in [0.15, 0.2) is 17.7 Å². The molecule has 7 atom stereocenters. The molecule has 22 heteroatoms. The van der Waals surface area contributed by atoms with Crippen molar-refractivity contribution in [3.05, 3.63) is 12.7 Å². The van der Waals surface area contributed by atoms with E-state index in [-0.39, 0.29) is 22.0 Å². The van der Waals surface area contributed by atoms with Gasteiger partial charge in [0.25, 0.3) is 0 Å². The molecular formula is C16H26N6O13S3. The molecular weight excluding hydrogens is 580 g/mol. The van der Waals surface area contributed by atoms with Crippen molar-refractivity contribution in [3.8, 4) is 0 Å². The number of aliphatic carboxylic acids is 1. The minimum absolute atomic E-state index is 0.190. The summed E-state index contributed by atoms with van der Waals surface area (Å²) >= 11 is 0. The van der Waals surface area contributed by atoms with Gasteiger partial charge in [-0.1, -0.05) is 0 Å². The number of imidazole rings is 1. The number of nitrogens with two attached hydrogens (primary N) is 1. The molecule has 38 heavy (non-hydrogen) atoms. The van der Waals surface area contributed by atoms with Crippen LogP contribution in [0.2, 0.25) is 0 Å². The van der Waals surface area contributed by atoms with E-state index in [4.69, 9.17) is 50.6 Å². The molecule has 2 aliphatic rings. The molecule has 0 radical (unpaired) electrons. The van der Waals surface area contributed by atoms with Gasteiger partial charge in [0, 0.05) is 13.0 Å². The third-order valence-electron chi connectivity index (χ3n) is 5.38. The molecule has 1 unspecified atom stereocenters. The highest BCUT2D eigenvalue weighted by molar-refractivity contribution is 7.96. The molecule has 2 saturated heterocycles. The number of aromatic nitrogens is 4. The van der Waals surface area contributed by atoms with Gasteiger partial charge in [-0.15, -0.1) is 0 Å². The lowest BCUT2D eigenvalue weighted by Gasteiger charge is -2.17. The minimum Gasteiger partial charge on any atom is -0.726 e. The molecule has 0 aromatic carbocycles. The lowest BCUT2D eigenvalue weighted by atomic mass is 10.1. The van der Waals surface area contributed by atoms with E-state index in [1.165, 1.54) is 12.7 Å². The first-order valence-electron chi connectivity index (χ1n) is 10.3. The van der Waals surface area contributed by atoms with E-state index < -0.39 is 57.3 Å². The second kappa shape index (κ2) is 12.7. The fraction of sp³-hybridized carbons (Fsp3) is 0.625. The average Bonchev–Trinajstić information content (AvgIpc) is 3.47. The summed E-state index contributed by atoms with van der Waals surface area (Å²) in [6, 6.07) is -0.532. The SMILES string of the molecule is C[S+](C[C@H]1O[C@@H](n2cnc3c(N)ncnc32)[C@H](O)[C@@H]1O)[C@H]1CN[C@H](C(=O)O)C1.O=S(=O)(O)O.O=S(=O)([O-])O. The molecule has 2 aromatic heterocycles. The zero-order valence-corrected chi connectivity index (χ0v) is 21.8. The Balaban J connectivity index is 0.000000435. The smallest absolute Gasteiger partial charge is 0.394 e. The van der Waals surface area contributed by atoms with Crippen LogP contribution >= 0.6 is 0 Å². The summed E-state index contributed by atoms with van der Waals surface area (Å²) < 4.78 is 71.9. The van der Waals surface area contributed by atoms with Gasteiger partial charge in [-0.25, -0.2) is 23.4 Å².